The second-order valence-electron chi connectivity index (χ2n) is 2.42. The zero-order chi connectivity index (χ0) is 9.68. The first kappa shape index (κ1) is 9.94. The summed E-state index contributed by atoms with van der Waals surface area (Å²) in [5.41, 5.74) is 1.38. The Morgan fingerprint density at radius 3 is 2.92 bits per heavy atom. The summed E-state index contributed by atoms with van der Waals surface area (Å²) < 4.78 is 0.137. The molecule has 0 N–H and O–H groups in total. The van der Waals surface area contributed by atoms with Crippen molar-refractivity contribution in [2.75, 3.05) is 0 Å². The van der Waals surface area contributed by atoms with Gasteiger partial charge in [-0.15, -0.1) is 0 Å². The maximum absolute atomic E-state index is 8.59. The van der Waals surface area contributed by atoms with E-state index in [9.17, 15) is 0 Å². The third-order valence-corrected chi connectivity index (χ3v) is 2.69. The molecule has 1 unspecified atom stereocenters. The van der Waals surface area contributed by atoms with E-state index in [-0.39, 0.29) is 3.92 Å². The van der Waals surface area contributed by atoms with Crippen LogP contribution in [0.15, 0.2) is 18.3 Å². The highest BCUT2D eigenvalue weighted by molar-refractivity contribution is 14.1. The number of halogens is 1. The molecule has 0 aliphatic heterocycles. The summed E-state index contributed by atoms with van der Waals surface area (Å²) in [6.07, 6.45) is 2.05. The highest BCUT2D eigenvalue weighted by Gasteiger charge is 2.06. The zero-order valence-corrected chi connectivity index (χ0v) is 8.89. The van der Waals surface area contributed by atoms with Crippen LogP contribution >= 0.6 is 22.6 Å². The average molecular weight is 283 g/mol. The van der Waals surface area contributed by atoms with E-state index in [1.807, 2.05) is 12.1 Å². The maximum Gasteiger partial charge on any atom is 0.140 e. The minimum Gasteiger partial charge on any atom is -0.246 e. The lowest BCUT2D eigenvalue weighted by atomic mass is 10.1. The van der Waals surface area contributed by atoms with Crippen molar-refractivity contribution in [1.82, 2.24) is 4.98 Å². The van der Waals surface area contributed by atoms with Crippen LogP contribution in [0.3, 0.4) is 0 Å². The highest BCUT2D eigenvalue weighted by atomic mass is 127. The van der Waals surface area contributed by atoms with Gasteiger partial charge in [-0.1, -0.05) is 22.6 Å². The normalized spacial score (nSPS) is 11.3. The van der Waals surface area contributed by atoms with Gasteiger partial charge in [-0.05, 0) is 17.7 Å². The zero-order valence-electron chi connectivity index (χ0n) is 6.74. The molecule has 4 heteroatoms. The van der Waals surface area contributed by atoms with E-state index in [1.54, 1.807) is 12.3 Å². The standard InChI is InChI=1S/C9H6IN3/c10-9(1-3-11)7-2-4-13-8(5-7)6-12/h2,4-5,9H,1H2. The van der Waals surface area contributed by atoms with Crippen molar-refractivity contribution in [3.8, 4) is 12.1 Å². The molecule has 0 saturated carbocycles. The summed E-state index contributed by atoms with van der Waals surface area (Å²) in [5, 5.41) is 17.1. The van der Waals surface area contributed by atoms with Crippen molar-refractivity contribution in [1.29, 1.82) is 10.5 Å². The van der Waals surface area contributed by atoms with Crippen LogP contribution in [0.4, 0.5) is 0 Å². The molecule has 0 aromatic carbocycles. The monoisotopic (exact) mass is 283 g/mol. The molecule has 0 radical (unpaired) electrons. The number of hydrogen-bond acceptors (Lipinski definition) is 3. The smallest absolute Gasteiger partial charge is 0.140 e. The molecule has 1 aromatic rings. The Hall–Kier alpha value is -1.14. The summed E-state index contributed by atoms with van der Waals surface area (Å²) in [6, 6.07) is 7.60. The molecule has 0 aliphatic carbocycles. The molecule has 1 atom stereocenters. The van der Waals surface area contributed by atoms with E-state index in [2.05, 4.69) is 33.6 Å². The Morgan fingerprint density at radius 1 is 1.54 bits per heavy atom. The number of alkyl halides is 1. The van der Waals surface area contributed by atoms with E-state index in [0.717, 1.165) is 5.56 Å². The van der Waals surface area contributed by atoms with Gasteiger partial charge >= 0.3 is 0 Å². The fourth-order valence-electron chi connectivity index (χ4n) is 0.901. The molecule has 0 spiro atoms. The predicted molar refractivity (Wildman–Crippen MR) is 55.9 cm³/mol. The van der Waals surface area contributed by atoms with Crippen molar-refractivity contribution in [2.24, 2.45) is 0 Å². The average Bonchev–Trinajstić information content (AvgIpc) is 2.18. The van der Waals surface area contributed by atoms with Crippen LogP contribution < -0.4 is 0 Å². The van der Waals surface area contributed by atoms with Crippen molar-refractivity contribution < 1.29 is 0 Å². The van der Waals surface area contributed by atoms with Gasteiger partial charge in [-0.3, -0.25) is 0 Å². The molecular formula is C9H6IN3. The Kier molecular flexibility index (Phi) is 3.66. The first-order valence-corrected chi connectivity index (χ1v) is 4.89. The fourth-order valence-corrected chi connectivity index (χ4v) is 1.49. The van der Waals surface area contributed by atoms with Crippen molar-refractivity contribution in [3.05, 3.63) is 29.6 Å². The second-order valence-corrected chi connectivity index (χ2v) is 3.92. The third-order valence-electron chi connectivity index (χ3n) is 1.53. The van der Waals surface area contributed by atoms with Crippen LogP contribution in [-0.2, 0) is 0 Å². The molecular weight excluding hydrogens is 277 g/mol. The molecule has 0 fully saturated rings. The molecule has 0 bridgehead atoms. The summed E-state index contributed by atoms with van der Waals surface area (Å²) in [5.74, 6) is 0. The number of hydrogen-bond donors (Lipinski definition) is 0. The molecule has 1 rings (SSSR count). The first-order valence-electron chi connectivity index (χ1n) is 3.65. The molecule has 64 valence electrons. The molecule has 1 aromatic heterocycles. The first-order chi connectivity index (χ1) is 6.27. The van der Waals surface area contributed by atoms with Crippen LogP contribution in [-0.4, -0.2) is 4.98 Å². The predicted octanol–water partition coefficient (Wildman–Crippen LogP) is 2.34. The lowest BCUT2D eigenvalue weighted by Crippen LogP contribution is -1.91. The molecule has 3 nitrogen and oxygen atoms in total. The molecule has 1 heterocycles. The Morgan fingerprint density at radius 2 is 2.31 bits per heavy atom. The highest BCUT2D eigenvalue weighted by Crippen LogP contribution is 2.26. The van der Waals surface area contributed by atoms with Gasteiger partial charge < -0.3 is 0 Å². The largest absolute Gasteiger partial charge is 0.246 e. The quantitative estimate of drug-likeness (QED) is 0.618. The van der Waals surface area contributed by atoms with Gasteiger partial charge in [-0.25, -0.2) is 4.98 Å². The number of rotatable bonds is 2. The summed E-state index contributed by atoms with van der Waals surface area (Å²) in [7, 11) is 0. The lowest BCUT2D eigenvalue weighted by Gasteiger charge is -2.04. The van der Waals surface area contributed by atoms with E-state index in [0.29, 0.717) is 12.1 Å². The van der Waals surface area contributed by atoms with Crippen molar-refractivity contribution >= 4 is 22.6 Å². The van der Waals surface area contributed by atoms with E-state index >= 15 is 0 Å². The number of nitriles is 2. The van der Waals surface area contributed by atoms with Crippen molar-refractivity contribution in [2.45, 2.75) is 10.3 Å². The minimum atomic E-state index is 0.137. The molecule has 0 aliphatic rings. The minimum absolute atomic E-state index is 0.137. The van der Waals surface area contributed by atoms with E-state index in [1.165, 1.54) is 0 Å². The third kappa shape index (κ3) is 2.67. The van der Waals surface area contributed by atoms with Gasteiger partial charge in [0.15, 0.2) is 0 Å². The summed E-state index contributed by atoms with van der Waals surface area (Å²) in [6.45, 7) is 0. The Labute approximate surface area is 90.2 Å². The van der Waals surface area contributed by atoms with Gasteiger partial charge in [-0.2, -0.15) is 10.5 Å². The van der Waals surface area contributed by atoms with Crippen LogP contribution in [0.2, 0.25) is 0 Å². The van der Waals surface area contributed by atoms with Crippen LogP contribution in [0.5, 0.6) is 0 Å². The van der Waals surface area contributed by atoms with Gasteiger partial charge in [0, 0.05) is 10.1 Å². The topological polar surface area (TPSA) is 60.5 Å². The molecule has 0 saturated heterocycles. The van der Waals surface area contributed by atoms with Gasteiger partial charge in [0.2, 0.25) is 0 Å². The van der Waals surface area contributed by atoms with E-state index < -0.39 is 0 Å². The van der Waals surface area contributed by atoms with Gasteiger partial charge in [0.25, 0.3) is 0 Å². The Bertz CT molecular complexity index is 375. The van der Waals surface area contributed by atoms with Crippen LogP contribution in [0.25, 0.3) is 0 Å². The van der Waals surface area contributed by atoms with Crippen LogP contribution in [0, 0.1) is 22.7 Å². The SMILES string of the molecule is N#CCC(I)c1ccnc(C#N)c1. The number of pyridine rings is 1. The number of aromatic nitrogens is 1. The number of nitrogens with zero attached hydrogens (tertiary/aromatic N) is 3. The molecule has 0 amide bonds. The van der Waals surface area contributed by atoms with Gasteiger partial charge in [0.05, 0.1) is 12.5 Å². The lowest BCUT2D eigenvalue weighted by molar-refractivity contribution is 1.01. The van der Waals surface area contributed by atoms with Gasteiger partial charge in [0.1, 0.15) is 11.8 Å². The summed E-state index contributed by atoms with van der Waals surface area (Å²) >= 11 is 2.18. The fraction of sp³-hybridized carbons (Fsp3) is 0.222. The Balaban J connectivity index is 2.91. The van der Waals surface area contributed by atoms with E-state index in [4.69, 9.17) is 10.5 Å². The van der Waals surface area contributed by atoms with Crippen molar-refractivity contribution in [3.63, 3.8) is 0 Å². The maximum atomic E-state index is 8.59. The van der Waals surface area contributed by atoms with Crippen LogP contribution in [0.1, 0.15) is 21.6 Å². The second kappa shape index (κ2) is 4.78. The molecule has 13 heavy (non-hydrogen) atoms. The summed E-state index contributed by atoms with van der Waals surface area (Å²) in [4.78, 5) is 3.85.